The maximum Gasteiger partial charge on any atom is 0.210 e. The van der Waals surface area contributed by atoms with E-state index in [0.717, 1.165) is 64.8 Å². The number of hydrogen-bond acceptors (Lipinski definition) is 3. The zero-order chi connectivity index (χ0) is 16.8. The van der Waals surface area contributed by atoms with Crippen molar-refractivity contribution < 1.29 is 4.79 Å². The van der Waals surface area contributed by atoms with E-state index in [1.54, 1.807) is 0 Å². The molecule has 0 bridgehead atoms. The van der Waals surface area contributed by atoms with E-state index < -0.39 is 0 Å². The molecule has 2 aromatic heterocycles. The van der Waals surface area contributed by atoms with Crippen molar-refractivity contribution in [2.45, 2.75) is 18.9 Å². The number of H-pyrrole nitrogens is 2. The summed E-state index contributed by atoms with van der Waals surface area (Å²) < 4.78 is 0. The number of likely N-dealkylation sites (tertiary alicyclic amines) is 1. The number of rotatable bonds is 3. The SMILES string of the molecule is O=CN1CCCC1c1ccc2[nH]nc(-c3nc4ccccc4[nH]3)c2c1. The number of carbonyl (C=O) groups excluding carboxylic acids is 1. The molecular weight excluding hydrogens is 314 g/mol. The molecule has 3 heterocycles. The highest BCUT2D eigenvalue weighted by molar-refractivity contribution is 5.93. The van der Waals surface area contributed by atoms with Crippen molar-refractivity contribution >= 4 is 28.3 Å². The van der Waals surface area contributed by atoms with Crippen LogP contribution in [0.25, 0.3) is 33.5 Å². The molecule has 1 aliphatic rings. The van der Waals surface area contributed by atoms with Crippen molar-refractivity contribution in [2.75, 3.05) is 6.54 Å². The van der Waals surface area contributed by atoms with Crippen LogP contribution in [0.15, 0.2) is 42.5 Å². The summed E-state index contributed by atoms with van der Waals surface area (Å²) in [5, 5.41) is 8.57. The maximum atomic E-state index is 11.3. The Kier molecular flexibility index (Phi) is 3.09. The summed E-state index contributed by atoms with van der Waals surface area (Å²) in [6, 6.07) is 14.3. The molecular formula is C19H17N5O. The molecule has 1 fully saturated rings. The lowest BCUT2D eigenvalue weighted by Crippen LogP contribution is -2.20. The summed E-state index contributed by atoms with van der Waals surface area (Å²) in [7, 11) is 0. The minimum Gasteiger partial charge on any atom is -0.338 e. The fourth-order valence-corrected chi connectivity index (χ4v) is 3.76. The van der Waals surface area contributed by atoms with Crippen molar-refractivity contribution in [2.24, 2.45) is 0 Å². The van der Waals surface area contributed by atoms with Crippen LogP contribution in [0.5, 0.6) is 0 Å². The van der Waals surface area contributed by atoms with Crippen molar-refractivity contribution in [3.63, 3.8) is 0 Å². The smallest absolute Gasteiger partial charge is 0.210 e. The van der Waals surface area contributed by atoms with Crippen molar-refractivity contribution in [3.05, 3.63) is 48.0 Å². The van der Waals surface area contributed by atoms with Gasteiger partial charge in [0.25, 0.3) is 0 Å². The molecule has 25 heavy (non-hydrogen) atoms. The van der Waals surface area contributed by atoms with E-state index in [4.69, 9.17) is 0 Å². The van der Waals surface area contributed by atoms with Gasteiger partial charge in [-0.2, -0.15) is 5.10 Å². The van der Waals surface area contributed by atoms with E-state index in [9.17, 15) is 4.79 Å². The number of aromatic amines is 2. The van der Waals surface area contributed by atoms with Gasteiger partial charge in [0, 0.05) is 11.9 Å². The van der Waals surface area contributed by atoms with Gasteiger partial charge >= 0.3 is 0 Å². The number of carbonyl (C=O) groups is 1. The van der Waals surface area contributed by atoms with Gasteiger partial charge < -0.3 is 9.88 Å². The average Bonchev–Trinajstić information content (AvgIpc) is 3.37. The first kappa shape index (κ1) is 14.2. The average molecular weight is 331 g/mol. The lowest BCUT2D eigenvalue weighted by atomic mass is 10.0. The topological polar surface area (TPSA) is 77.7 Å². The van der Waals surface area contributed by atoms with Crippen LogP contribution in [0.2, 0.25) is 0 Å². The van der Waals surface area contributed by atoms with Crippen LogP contribution < -0.4 is 0 Å². The zero-order valence-electron chi connectivity index (χ0n) is 13.6. The Labute approximate surface area is 143 Å². The predicted molar refractivity (Wildman–Crippen MR) is 95.9 cm³/mol. The molecule has 6 nitrogen and oxygen atoms in total. The molecule has 5 rings (SSSR count). The summed E-state index contributed by atoms with van der Waals surface area (Å²) in [6.45, 7) is 0.827. The minimum absolute atomic E-state index is 0.153. The molecule has 0 saturated carbocycles. The van der Waals surface area contributed by atoms with Gasteiger partial charge in [-0.25, -0.2) is 4.98 Å². The second-order valence-corrected chi connectivity index (χ2v) is 6.48. The monoisotopic (exact) mass is 331 g/mol. The standard InChI is InChI=1S/C19H17N5O/c25-11-24-9-3-6-17(24)12-7-8-14-13(10-12)18(23-22-14)19-20-15-4-1-2-5-16(15)21-19/h1-2,4-5,7-8,10-11,17H,3,6,9H2,(H,20,21)(H,22,23). The van der Waals surface area contributed by atoms with Crippen LogP contribution in [0.4, 0.5) is 0 Å². The summed E-state index contributed by atoms with van der Waals surface area (Å²) >= 11 is 0. The van der Waals surface area contributed by atoms with Crippen LogP contribution in [0, 0.1) is 0 Å². The van der Waals surface area contributed by atoms with Crippen LogP contribution in [-0.4, -0.2) is 38.0 Å². The van der Waals surface area contributed by atoms with Crippen LogP contribution in [0.1, 0.15) is 24.4 Å². The van der Waals surface area contributed by atoms with Gasteiger partial charge in [-0.05, 0) is 42.7 Å². The Morgan fingerprint density at radius 1 is 1.16 bits per heavy atom. The molecule has 2 aromatic carbocycles. The Hall–Kier alpha value is -3.15. The minimum atomic E-state index is 0.153. The summed E-state index contributed by atoms with van der Waals surface area (Å²) in [5.41, 5.74) is 4.84. The molecule has 1 saturated heterocycles. The number of aromatic nitrogens is 4. The fraction of sp³-hybridized carbons (Fsp3) is 0.211. The number of amides is 1. The Balaban J connectivity index is 1.64. The highest BCUT2D eigenvalue weighted by Crippen LogP contribution is 2.34. The number of benzene rings is 2. The third-order valence-electron chi connectivity index (χ3n) is 5.01. The van der Waals surface area contributed by atoms with Gasteiger partial charge in [-0.1, -0.05) is 18.2 Å². The van der Waals surface area contributed by atoms with Gasteiger partial charge in [0.2, 0.25) is 6.41 Å². The molecule has 2 N–H and O–H groups in total. The first-order valence-electron chi connectivity index (χ1n) is 8.48. The highest BCUT2D eigenvalue weighted by atomic mass is 16.1. The van der Waals surface area contributed by atoms with Gasteiger partial charge in [0.1, 0.15) is 5.69 Å². The highest BCUT2D eigenvalue weighted by Gasteiger charge is 2.25. The van der Waals surface area contributed by atoms with E-state index >= 15 is 0 Å². The molecule has 0 radical (unpaired) electrons. The lowest BCUT2D eigenvalue weighted by Gasteiger charge is -2.20. The molecule has 124 valence electrons. The van der Waals surface area contributed by atoms with Gasteiger partial charge in [0.05, 0.1) is 22.6 Å². The zero-order valence-corrected chi connectivity index (χ0v) is 13.6. The largest absolute Gasteiger partial charge is 0.338 e. The van der Waals surface area contributed by atoms with E-state index in [1.165, 1.54) is 0 Å². The maximum absolute atomic E-state index is 11.3. The molecule has 1 atom stereocenters. The van der Waals surface area contributed by atoms with Gasteiger partial charge in [0.15, 0.2) is 5.82 Å². The number of para-hydroxylation sites is 2. The van der Waals surface area contributed by atoms with E-state index in [0.29, 0.717) is 0 Å². The number of hydrogen-bond donors (Lipinski definition) is 2. The number of nitrogens with zero attached hydrogens (tertiary/aromatic N) is 3. The molecule has 1 amide bonds. The summed E-state index contributed by atoms with van der Waals surface area (Å²) in [5.74, 6) is 0.753. The number of fused-ring (bicyclic) bond motifs is 2. The second-order valence-electron chi connectivity index (χ2n) is 6.48. The molecule has 0 spiro atoms. The van der Waals surface area contributed by atoms with E-state index in [2.05, 4.69) is 32.3 Å². The Morgan fingerprint density at radius 3 is 2.96 bits per heavy atom. The van der Waals surface area contributed by atoms with Crippen molar-refractivity contribution in [3.8, 4) is 11.5 Å². The summed E-state index contributed by atoms with van der Waals surface area (Å²) in [6.07, 6.45) is 3.00. The third-order valence-corrected chi connectivity index (χ3v) is 5.01. The second kappa shape index (κ2) is 5.44. The molecule has 1 aliphatic heterocycles. The van der Waals surface area contributed by atoms with E-state index in [-0.39, 0.29) is 6.04 Å². The Bertz CT molecular complexity index is 1050. The third kappa shape index (κ3) is 2.21. The molecule has 1 unspecified atom stereocenters. The molecule has 0 aliphatic carbocycles. The number of imidazole rings is 1. The summed E-state index contributed by atoms with van der Waals surface area (Å²) in [4.78, 5) is 21.2. The Morgan fingerprint density at radius 2 is 2.08 bits per heavy atom. The van der Waals surface area contributed by atoms with Crippen molar-refractivity contribution in [1.29, 1.82) is 0 Å². The quantitative estimate of drug-likeness (QED) is 0.565. The molecule has 6 heteroatoms. The van der Waals surface area contributed by atoms with Crippen LogP contribution >= 0.6 is 0 Å². The van der Waals surface area contributed by atoms with Gasteiger partial charge in [-0.3, -0.25) is 9.89 Å². The van der Waals surface area contributed by atoms with Crippen molar-refractivity contribution in [1.82, 2.24) is 25.1 Å². The normalized spacial score (nSPS) is 17.6. The molecule has 4 aromatic rings. The first-order valence-corrected chi connectivity index (χ1v) is 8.48. The number of nitrogens with one attached hydrogen (secondary N) is 2. The van der Waals surface area contributed by atoms with E-state index in [1.807, 2.05) is 35.2 Å². The van der Waals surface area contributed by atoms with Crippen LogP contribution in [0.3, 0.4) is 0 Å². The first-order chi connectivity index (χ1) is 12.3. The van der Waals surface area contributed by atoms with Crippen LogP contribution in [-0.2, 0) is 4.79 Å². The van der Waals surface area contributed by atoms with Gasteiger partial charge in [-0.15, -0.1) is 0 Å². The predicted octanol–water partition coefficient (Wildman–Crippen LogP) is 3.40. The lowest BCUT2D eigenvalue weighted by molar-refractivity contribution is -0.118. The fourth-order valence-electron chi connectivity index (χ4n) is 3.76.